The molecule has 0 saturated heterocycles. The van der Waals surface area contributed by atoms with E-state index in [4.69, 9.17) is 8.83 Å². The van der Waals surface area contributed by atoms with E-state index in [1.165, 1.54) is 155 Å². The van der Waals surface area contributed by atoms with Crippen LogP contribution in [0.5, 0.6) is 0 Å². The van der Waals surface area contributed by atoms with Gasteiger partial charge in [-0.05, 0) is 269 Å². The molecule has 19 rings (SSSR count). The first-order chi connectivity index (χ1) is 59.7. The van der Waals surface area contributed by atoms with E-state index in [-0.39, 0.29) is 62.2 Å². The molecular formula is C119H132B2N4O2Si. The van der Waals surface area contributed by atoms with Crippen molar-refractivity contribution < 1.29 is 8.83 Å². The highest BCUT2D eigenvalue weighted by Crippen LogP contribution is 2.54. The van der Waals surface area contributed by atoms with Crippen LogP contribution in [-0.2, 0) is 48.7 Å². The standard InChI is InChI=1S/C61H73BN2OSi.C58H59BN2O/c1-57(2,3)40-21-25-45(26-22-40)64-52-32-39(38-19-27-47(28-20-38)66(16,17)18)31-51-55(52)62(54-48-36-41(58(4,5)6)24-30-53(48)65-56(54)64)49-37-42(59(7,8)9)23-29-50(49)63(51)46-34-43(60(10,11)12)33-44(35-46)61(13,14)15;1-55(2,3)40-22-26-44(27-23-40)61-50-32-39(38-21-20-36-16-13-14-17-37(36)30-38)31-49-52(50)59(54-53(61)46-34-42(57(7,8)9)25-29-51(46)62-54)47-28-24-43(58(10,11)12)35-48(47)60(49)45-19-15-18-41(33-45)56(4,5)6/h19-37H,1-18H3;13-35H,1-12H3. The number of nitrogens with zero attached hydrogens (tertiary/aromatic N) is 4. The summed E-state index contributed by atoms with van der Waals surface area (Å²) in [5, 5.41) is 6.27. The molecule has 4 aliphatic rings. The second-order valence-corrected chi connectivity index (χ2v) is 52.8. The first-order valence-corrected chi connectivity index (χ1v) is 50.3. The molecule has 9 heteroatoms. The number of hydrogen-bond acceptors (Lipinski definition) is 6. The third-order valence-electron chi connectivity index (χ3n) is 27.8. The molecule has 0 aliphatic carbocycles. The third-order valence-corrected chi connectivity index (χ3v) is 29.9. The minimum atomic E-state index is -1.53. The normalized spacial score (nSPS) is 14.2. The number of fused-ring (bicyclic) bond motifs is 13. The number of furan rings is 2. The van der Waals surface area contributed by atoms with E-state index >= 15 is 0 Å². The van der Waals surface area contributed by atoms with Gasteiger partial charge in [-0.1, -0.05) is 351 Å². The molecule has 0 bridgehead atoms. The Bertz CT molecular complexity index is 6890. The zero-order valence-corrected chi connectivity index (χ0v) is 83.0. The lowest BCUT2D eigenvalue weighted by molar-refractivity contribution is 0.568. The van der Waals surface area contributed by atoms with Crippen molar-refractivity contribution in [3.8, 4) is 22.3 Å². The topological polar surface area (TPSA) is 39.2 Å². The number of benzene rings is 13. The van der Waals surface area contributed by atoms with Crippen LogP contribution in [-0.4, -0.2) is 21.5 Å². The van der Waals surface area contributed by atoms with Gasteiger partial charge in [0.1, 0.15) is 11.2 Å². The maximum Gasteiger partial charge on any atom is 0.297 e. The van der Waals surface area contributed by atoms with Crippen molar-refractivity contribution in [2.24, 2.45) is 0 Å². The van der Waals surface area contributed by atoms with Crippen LogP contribution in [0.1, 0.15) is 237 Å². The molecule has 6 nitrogen and oxygen atoms in total. The van der Waals surface area contributed by atoms with Gasteiger partial charge in [0, 0.05) is 73.1 Å². The lowest BCUT2D eigenvalue weighted by Crippen LogP contribution is -2.61. The van der Waals surface area contributed by atoms with Gasteiger partial charge >= 0.3 is 0 Å². The highest BCUT2D eigenvalue weighted by Gasteiger charge is 2.50. The molecule has 0 N–H and O–H groups in total. The van der Waals surface area contributed by atoms with Crippen LogP contribution in [0.2, 0.25) is 19.6 Å². The first kappa shape index (κ1) is 87.4. The van der Waals surface area contributed by atoms with Gasteiger partial charge in [-0.15, -0.1) is 0 Å². The van der Waals surface area contributed by atoms with Crippen molar-refractivity contribution in [3.05, 3.63) is 305 Å². The van der Waals surface area contributed by atoms with E-state index in [1.807, 2.05) is 0 Å². The molecule has 2 aromatic heterocycles. The van der Waals surface area contributed by atoms with Gasteiger partial charge in [0.2, 0.25) is 5.88 Å². The molecule has 0 spiro atoms. The Hall–Kier alpha value is -11.3. The molecule has 4 aliphatic heterocycles. The summed E-state index contributed by atoms with van der Waals surface area (Å²) in [4.78, 5) is 10.2. The van der Waals surface area contributed by atoms with Gasteiger partial charge in [0.15, 0.2) is 0 Å². The van der Waals surface area contributed by atoms with E-state index in [2.05, 4.69) is 481 Å². The number of rotatable bonds is 7. The SMILES string of the molecule is CC(C)(C)c1ccc(N2c3cc(-c4ccc([Si](C)(C)C)cc4)cc4c3B(c3cc(C(C)(C)C)ccc3N4c3cc(C(C)(C)C)cc(C(C)(C)C)c3)c3c2oc2ccc(C(C)(C)C)cc32)cc1.CC(C)(C)c1ccc(N2c3cc(-c4ccc5ccccc5c4)cc4c3B(c3ccc(C(C)(C)C)cc3N4c3cccc(C(C)(C)C)c3)c3oc4ccc(C(C)(C)C)cc4c32)cc1. The Labute approximate surface area is 766 Å². The molecule has 128 heavy (non-hydrogen) atoms. The van der Waals surface area contributed by atoms with Crippen molar-refractivity contribution >= 4 is 161 Å². The Balaban J connectivity index is 0.000000173. The Morgan fingerprint density at radius 3 is 1.20 bits per heavy atom. The highest BCUT2D eigenvalue weighted by molar-refractivity contribution is 7.02. The predicted octanol–water partition coefficient (Wildman–Crippen LogP) is 29.7. The van der Waals surface area contributed by atoms with Crippen molar-refractivity contribution in [1.82, 2.24) is 0 Å². The molecule has 6 heterocycles. The Morgan fingerprint density at radius 2 is 0.664 bits per heavy atom. The lowest BCUT2D eigenvalue weighted by atomic mass is 9.33. The van der Waals surface area contributed by atoms with Gasteiger partial charge < -0.3 is 23.5 Å². The Kier molecular flexibility index (Phi) is 20.6. The van der Waals surface area contributed by atoms with E-state index in [9.17, 15) is 0 Å². The first-order valence-electron chi connectivity index (χ1n) is 46.8. The van der Waals surface area contributed by atoms with Crippen molar-refractivity contribution in [2.45, 2.75) is 255 Å². The number of anilines is 12. The lowest BCUT2D eigenvalue weighted by Gasteiger charge is -2.43. The zero-order chi connectivity index (χ0) is 91.5. The Morgan fingerprint density at radius 1 is 0.242 bits per heavy atom. The third kappa shape index (κ3) is 15.6. The molecule has 0 unspecified atom stereocenters. The van der Waals surface area contributed by atoms with Gasteiger partial charge in [-0.25, -0.2) is 0 Å². The molecular weight excluding hydrogens is 1570 g/mol. The van der Waals surface area contributed by atoms with Crippen LogP contribution in [0.3, 0.4) is 0 Å². The summed E-state index contributed by atoms with van der Waals surface area (Å²) in [6, 6.07) is 98.5. The van der Waals surface area contributed by atoms with Crippen LogP contribution >= 0.6 is 0 Å². The highest BCUT2D eigenvalue weighted by atomic mass is 28.3. The smallest absolute Gasteiger partial charge is 0.297 e. The zero-order valence-electron chi connectivity index (χ0n) is 82.0. The molecule has 15 aromatic rings. The molecule has 0 atom stereocenters. The summed E-state index contributed by atoms with van der Waals surface area (Å²) in [6.07, 6.45) is 0. The summed E-state index contributed by atoms with van der Waals surface area (Å²) in [5.74, 6) is 0.902. The summed E-state index contributed by atoms with van der Waals surface area (Å²) < 4.78 is 14.6. The van der Waals surface area contributed by atoms with E-state index in [1.54, 1.807) is 0 Å². The average Bonchev–Trinajstić information content (AvgIpc) is 1.30. The molecule has 13 aromatic carbocycles. The summed E-state index contributed by atoms with van der Waals surface area (Å²) in [7, 11) is -1.53. The van der Waals surface area contributed by atoms with Gasteiger partial charge in [0.25, 0.3) is 13.4 Å². The van der Waals surface area contributed by atoms with Crippen LogP contribution in [0, 0.1) is 0 Å². The quantitative estimate of drug-likeness (QED) is 0.148. The van der Waals surface area contributed by atoms with E-state index in [0.29, 0.717) is 0 Å². The van der Waals surface area contributed by atoms with Crippen LogP contribution in [0.15, 0.2) is 264 Å². The minimum Gasteiger partial charge on any atom is -0.468 e. The van der Waals surface area contributed by atoms with Gasteiger partial charge in [-0.3, -0.25) is 4.90 Å². The van der Waals surface area contributed by atoms with Crippen molar-refractivity contribution in [2.75, 3.05) is 19.6 Å². The van der Waals surface area contributed by atoms with E-state index < -0.39 is 8.07 Å². The average molecular weight is 1700 g/mol. The van der Waals surface area contributed by atoms with Gasteiger partial charge in [0.05, 0.1) is 19.4 Å². The molecule has 0 radical (unpaired) electrons. The van der Waals surface area contributed by atoms with Crippen molar-refractivity contribution in [3.63, 3.8) is 0 Å². The summed E-state index contributed by atoms with van der Waals surface area (Å²) >= 11 is 0. The molecule has 650 valence electrons. The monoisotopic (exact) mass is 1700 g/mol. The van der Waals surface area contributed by atoms with Crippen LogP contribution < -0.4 is 57.8 Å². The number of hydrogen-bond donors (Lipinski definition) is 0. The second-order valence-electron chi connectivity index (χ2n) is 47.7. The molecule has 0 amide bonds. The van der Waals surface area contributed by atoms with E-state index in [0.717, 1.165) is 56.5 Å². The minimum absolute atomic E-state index is 0.0169. The molecule has 0 fully saturated rings. The summed E-state index contributed by atoms with van der Waals surface area (Å²) in [5.41, 5.74) is 38.4. The van der Waals surface area contributed by atoms with Crippen molar-refractivity contribution in [1.29, 1.82) is 0 Å². The largest absolute Gasteiger partial charge is 0.468 e. The maximum absolute atomic E-state index is 7.32. The fourth-order valence-corrected chi connectivity index (χ4v) is 20.9. The fraction of sp³-hybridized carbons (Fsp3) is 0.328. The van der Waals surface area contributed by atoms with Crippen LogP contribution in [0.4, 0.5) is 68.4 Å². The van der Waals surface area contributed by atoms with Crippen LogP contribution in [0.25, 0.3) is 55.0 Å². The summed E-state index contributed by atoms with van der Waals surface area (Å²) in [6.45, 7) is 69.7. The molecule has 0 saturated carbocycles. The predicted molar refractivity (Wildman–Crippen MR) is 560 cm³/mol. The fourth-order valence-electron chi connectivity index (χ4n) is 19.8. The van der Waals surface area contributed by atoms with Gasteiger partial charge in [-0.2, -0.15) is 0 Å². The maximum atomic E-state index is 7.32. The second kappa shape index (κ2) is 30.2.